The van der Waals surface area contributed by atoms with Gasteiger partial charge in [0, 0.05) is 12.1 Å². The normalized spacial score (nSPS) is 19.5. The van der Waals surface area contributed by atoms with Crippen LogP contribution < -0.4 is 20.9 Å². The minimum atomic E-state index is -0.454. The molecule has 2 aliphatic heterocycles. The second kappa shape index (κ2) is 7.92. The van der Waals surface area contributed by atoms with Crippen LogP contribution in [0.5, 0.6) is 11.5 Å². The van der Waals surface area contributed by atoms with Gasteiger partial charge in [0.15, 0.2) is 11.5 Å². The van der Waals surface area contributed by atoms with Gasteiger partial charge in [-0.25, -0.2) is 0 Å². The summed E-state index contributed by atoms with van der Waals surface area (Å²) < 4.78 is 11.5. The van der Waals surface area contributed by atoms with E-state index in [2.05, 4.69) is 18.7 Å². The molecule has 26 heavy (non-hydrogen) atoms. The van der Waals surface area contributed by atoms with Gasteiger partial charge in [-0.15, -0.1) is 0 Å². The number of halogens is 1. The van der Waals surface area contributed by atoms with Crippen LogP contribution in [0.1, 0.15) is 38.2 Å². The van der Waals surface area contributed by atoms with Gasteiger partial charge in [0.1, 0.15) is 13.2 Å². The fourth-order valence-corrected chi connectivity index (χ4v) is 4.28. The third-order valence-electron chi connectivity index (χ3n) is 5.20. The summed E-state index contributed by atoms with van der Waals surface area (Å²) in [5, 5.41) is 0.368. The molecule has 2 aliphatic rings. The molecule has 144 valence electrons. The molecule has 7 heteroatoms. The zero-order chi connectivity index (χ0) is 18.8. The first-order valence-electron chi connectivity index (χ1n) is 9.27. The van der Waals surface area contributed by atoms with E-state index in [0.29, 0.717) is 46.9 Å². The second-order valence-electron chi connectivity index (χ2n) is 7.63. The van der Waals surface area contributed by atoms with Crippen molar-refractivity contribution in [2.24, 2.45) is 17.6 Å². The van der Waals surface area contributed by atoms with E-state index in [0.717, 1.165) is 32.5 Å². The topological polar surface area (TPSA) is 90.8 Å². The van der Waals surface area contributed by atoms with Crippen molar-refractivity contribution in [1.82, 2.24) is 4.90 Å². The van der Waals surface area contributed by atoms with Gasteiger partial charge in [-0.1, -0.05) is 25.4 Å². The number of likely N-dealkylation sites (tertiary alicyclic amines) is 1. The standard InChI is InChI=1S/C19H28ClN3O3/c1-11(2)10-23-5-3-12(4-6-23)15(19(22)24)13-9-14(20)16(21)18-17(13)25-7-8-26-18/h9,11-12,15H,3-8,10,21H2,1-2H3,(H2,22,24). The molecule has 0 spiro atoms. The average Bonchev–Trinajstić information content (AvgIpc) is 2.60. The Morgan fingerprint density at radius 3 is 2.46 bits per heavy atom. The van der Waals surface area contributed by atoms with Crippen LogP contribution in [-0.4, -0.2) is 43.7 Å². The smallest absolute Gasteiger partial charge is 0.225 e. The maximum atomic E-state index is 12.4. The van der Waals surface area contributed by atoms with E-state index in [-0.39, 0.29) is 11.8 Å². The molecule has 0 radical (unpaired) electrons. The molecule has 6 nitrogen and oxygen atoms in total. The van der Waals surface area contributed by atoms with Gasteiger partial charge < -0.3 is 25.8 Å². The van der Waals surface area contributed by atoms with Gasteiger partial charge in [0.2, 0.25) is 5.91 Å². The molecule has 0 aliphatic carbocycles. The second-order valence-corrected chi connectivity index (χ2v) is 8.04. The van der Waals surface area contributed by atoms with E-state index in [1.165, 1.54) is 0 Å². The first kappa shape index (κ1) is 19.1. The number of piperidine rings is 1. The molecule has 3 rings (SSSR count). The van der Waals surface area contributed by atoms with E-state index < -0.39 is 5.92 Å². The van der Waals surface area contributed by atoms with Crippen molar-refractivity contribution in [2.75, 3.05) is 38.6 Å². The molecule has 1 amide bonds. The number of fused-ring (bicyclic) bond motifs is 1. The summed E-state index contributed by atoms with van der Waals surface area (Å²) in [6.07, 6.45) is 1.83. The first-order valence-corrected chi connectivity index (χ1v) is 9.65. The Balaban J connectivity index is 1.88. The molecule has 0 bridgehead atoms. The zero-order valence-electron chi connectivity index (χ0n) is 15.5. The number of primary amides is 1. The third-order valence-corrected chi connectivity index (χ3v) is 5.51. The SMILES string of the molecule is CC(C)CN1CCC(C(C(N)=O)c2cc(Cl)c(N)c3c2OCCO3)CC1. The summed E-state index contributed by atoms with van der Waals surface area (Å²) in [5.41, 5.74) is 12.9. The maximum Gasteiger partial charge on any atom is 0.225 e. The number of carbonyl (C=O) groups is 1. The first-order chi connectivity index (χ1) is 12.4. The van der Waals surface area contributed by atoms with E-state index in [4.69, 9.17) is 32.5 Å². The minimum Gasteiger partial charge on any atom is -0.486 e. The van der Waals surface area contributed by atoms with Crippen molar-refractivity contribution in [2.45, 2.75) is 32.6 Å². The third kappa shape index (κ3) is 3.86. The Morgan fingerprint density at radius 2 is 1.88 bits per heavy atom. The number of hydrogen-bond acceptors (Lipinski definition) is 5. The van der Waals surface area contributed by atoms with E-state index >= 15 is 0 Å². The number of hydrogen-bond donors (Lipinski definition) is 2. The lowest BCUT2D eigenvalue weighted by Gasteiger charge is -2.36. The number of anilines is 1. The summed E-state index contributed by atoms with van der Waals surface area (Å²) in [7, 11) is 0. The van der Waals surface area contributed by atoms with Gasteiger partial charge in [0.25, 0.3) is 0 Å². The van der Waals surface area contributed by atoms with Crippen LogP contribution in [-0.2, 0) is 4.79 Å². The maximum absolute atomic E-state index is 12.4. The summed E-state index contributed by atoms with van der Waals surface area (Å²) in [6, 6.07) is 1.72. The van der Waals surface area contributed by atoms with Crippen LogP contribution in [0.15, 0.2) is 6.07 Å². The Bertz CT molecular complexity index is 672. The molecule has 1 saturated heterocycles. The molecule has 1 fully saturated rings. The number of benzene rings is 1. The lowest BCUT2D eigenvalue weighted by molar-refractivity contribution is -0.121. The molecule has 2 heterocycles. The Labute approximate surface area is 159 Å². The van der Waals surface area contributed by atoms with Gasteiger partial charge in [-0.05, 0) is 43.8 Å². The summed E-state index contributed by atoms with van der Waals surface area (Å²) in [6.45, 7) is 8.28. The molecule has 1 unspecified atom stereocenters. The molecule has 0 aromatic heterocycles. The van der Waals surface area contributed by atoms with Crippen LogP contribution in [0.3, 0.4) is 0 Å². The number of amides is 1. The number of nitrogens with zero attached hydrogens (tertiary/aromatic N) is 1. The van der Waals surface area contributed by atoms with Gasteiger partial charge in [-0.2, -0.15) is 0 Å². The average molecular weight is 382 g/mol. The van der Waals surface area contributed by atoms with Crippen molar-refractivity contribution >= 4 is 23.2 Å². The highest BCUT2D eigenvalue weighted by molar-refractivity contribution is 6.33. The van der Waals surface area contributed by atoms with Crippen molar-refractivity contribution < 1.29 is 14.3 Å². The van der Waals surface area contributed by atoms with Crippen LogP contribution >= 0.6 is 11.6 Å². The molecule has 1 aromatic carbocycles. The van der Waals surface area contributed by atoms with E-state index in [1.807, 2.05) is 0 Å². The van der Waals surface area contributed by atoms with Crippen molar-refractivity contribution in [3.63, 3.8) is 0 Å². The van der Waals surface area contributed by atoms with E-state index in [9.17, 15) is 4.79 Å². The van der Waals surface area contributed by atoms with Gasteiger partial charge in [-0.3, -0.25) is 4.79 Å². The fraction of sp³-hybridized carbons (Fsp3) is 0.632. The van der Waals surface area contributed by atoms with Gasteiger partial charge in [0.05, 0.1) is 16.6 Å². The largest absolute Gasteiger partial charge is 0.486 e. The highest BCUT2D eigenvalue weighted by atomic mass is 35.5. The predicted molar refractivity (Wildman–Crippen MR) is 103 cm³/mol. The molecular formula is C19H28ClN3O3. The minimum absolute atomic E-state index is 0.158. The van der Waals surface area contributed by atoms with Crippen LogP contribution in [0.4, 0.5) is 5.69 Å². The summed E-state index contributed by atoms with van der Waals surface area (Å²) >= 11 is 6.30. The van der Waals surface area contributed by atoms with Gasteiger partial charge >= 0.3 is 0 Å². The number of nitrogen functional groups attached to an aromatic ring is 1. The van der Waals surface area contributed by atoms with Crippen LogP contribution in [0, 0.1) is 11.8 Å². The Morgan fingerprint density at radius 1 is 1.27 bits per heavy atom. The zero-order valence-corrected chi connectivity index (χ0v) is 16.2. The quantitative estimate of drug-likeness (QED) is 0.765. The van der Waals surface area contributed by atoms with Crippen molar-refractivity contribution in [1.29, 1.82) is 0 Å². The Kier molecular flexibility index (Phi) is 5.82. The lowest BCUT2D eigenvalue weighted by Crippen LogP contribution is -2.40. The number of nitrogens with two attached hydrogens (primary N) is 2. The molecule has 1 aromatic rings. The van der Waals surface area contributed by atoms with Crippen molar-refractivity contribution in [3.05, 3.63) is 16.7 Å². The fourth-order valence-electron chi connectivity index (χ4n) is 4.08. The number of rotatable bonds is 5. The predicted octanol–water partition coefficient (Wildman–Crippen LogP) is 2.63. The molecular weight excluding hydrogens is 354 g/mol. The Hall–Kier alpha value is -1.66. The van der Waals surface area contributed by atoms with Crippen molar-refractivity contribution in [3.8, 4) is 11.5 Å². The highest BCUT2D eigenvalue weighted by Gasteiger charge is 2.36. The number of ether oxygens (including phenoxy) is 2. The molecule has 0 saturated carbocycles. The molecule has 4 N–H and O–H groups in total. The van der Waals surface area contributed by atoms with Crippen LogP contribution in [0.2, 0.25) is 5.02 Å². The van der Waals surface area contributed by atoms with E-state index in [1.54, 1.807) is 6.07 Å². The number of carbonyl (C=O) groups excluding carboxylic acids is 1. The summed E-state index contributed by atoms with van der Waals surface area (Å²) in [5.74, 6) is 0.931. The lowest BCUT2D eigenvalue weighted by atomic mass is 9.79. The monoisotopic (exact) mass is 381 g/mol. The van der Waals surface area contributed by atoms with Crippen LogP contribution in [0.25, 0.3) is 0 Å². The summed E-state index contributed by atoms with van der Waals surface area (Å²) in [4.78, 5) is 14.8. The highest BCUT2D eigenvalue weighted by Crippen LogP contribution is 2.48. The molecule has 1 atom stereocenters.